The van der Waals surface area contributed by atoms with Crippen LogP contribution in [0.5, 0.6) is 5.75 Å². The standard InChI is InChI=1S/C10H10ClF2NO2/c1-4-7(11)5(2)9(14-6(3)15)10(16-13)8(4)12/h1-3H3,(H,14,15). The van der Waals surface area contributed by atoms with Crippen LogP contribution in [0.1, 0.15) is 18.1 Å². The van der Waals surface area contributed by atoms with Crippen LogP contribution in [-0.4, -0.2) is 5.91 Å². The van der Waals surface area contributed by atoms with Gasteiger partial charge in [-0.3, -0.25) is 9.74 Å². The Balaban J connectivity index is 3.50. The van der Waals surface area contributed by atoms with Gasteiger partial charge in [-0.1, -0.05) is 11.6 Å². The summed E-state index contributed by atoms with van der Waals surface area (Å²) in [4.78, 5) is 14.3. The Hall–Kier alpha value is -1.36. The van der Waals surface area contributed by atoms with Crippen LogP contribution in [0, 0.1) is 19.7 Å². The van der Waals surface area contributed by atoms with E-state index in [9.17, 15) is 13.7 Å². The maximum atomic E-state index is 13.6. The van der Waals surface area contributed by atoms with Crippen molar-refractivity contribution in [2.45, 2.75) is 20.8 Å². The molecule has 0 saturated heterocycles. The summed E-state index contributed by atoms with van der Waals surface area (Å²) in [7, 11) is 0. The number of hydrogen-bond donors (Lipinski definition) is 1. The highest BCUT2D eigenvalue weighted by Crippen LogP contribution is 2.39. The third-order valence-electron chi connectivity index (χ3n) is 2.17. The molecule has 0 heterocycles. The molecule has 0 aliphatic rings. The number of carbonyl (C=O) groups excluding carboxylic acids is 1. The number of halogens is 3. The lowest BCUT2D eigenvalue weighted by atomic mass is 10.1. The van der Waals surface area contributed by atoms with Crippen molar-refractivity contribution >= 4 is 23.2 Å². The Morgan fingerprint density at radius 1 is 1.38 bits per heavy atom. The minimum Gasteiger partial charge on any atom is -0.323 e. The van der Waals surface area contributed by atoms with Crippen LogP contribution in [0.4, 0.5) is 14.6 Å². The molecule has 88 valence electrons. The van der Waals surface area contributed by atoms with Gasteiger partial charge in [0.25, 0.3) is 0 Å². The smallest absolute Gasteiger partial charge is 0.231 e. The fourth-order valence-electron chi connectivity index (χ4n) is 1.34. The molecule has 0 unspecified atom stereocenters. The molecule has 1 amide bonds. The molecule has 0 atom stereocenters. The van der Waals surface area contributed by atoms with Crippen molar-refractivity contribution in [2.24, 2.45) is 0 Å². The van der Waals surface area contributed by atoms with Crippen LogP contribution in [0.3, 0.4) is 0 Å². The normalized spacial score (nSPS) is 10.1. The van der Waals surface area contributed by atoms with E-state index in [0.29, 0.717) is 5.56 Å². The Morgan fingerprint density at radius 3 is 2.38 bits per heavy atom. The lowest BCUT2D eigenvalue weighted by molar-refractivity contribution is -0.114. The first kappa shape index (κ1) is 12.7. The van der Waals surface area contributed by atoms with Gasteiger partial charge in [-0.15, -0.1) is 0 Å². The first-order chi connectivity index (χ1) is 7.40. The lowest BCUT2D eigenvalue weighted by Crippen LogP contribution is -2.10. The van der Waals surface area contributed by atoms with E-state index < -0.39 is 17.5 Å². The molecular formula is C10H10ClF2NO2. The van der Waals surface area contributed by atoms with Gasteiger partial charge < -0.3 is 5.32 Å². The molecule has 1 N–H and O–H groups in total. The van der Waals surface area contributed by atoms with Gasteiger partial charge in [0.05, 0.1) is 10.7 Å². The third-order valence-corrected chi connectivity index (χ3v) is 2.73. The average Bonchev–Trinajstić information content (AvgIpc) is 2.23. The summed E-state index contributed by atoms with van der Waals surface area (Å²) >= 11 is 5.83. The van der Waals surface area contributed by atoms with Gasteiger partial charge in [-0.05, 0) is 19.4 Å². The molecule has 0 aliphatic carbocycles. The molecule has 0 aromatic heterocycles. The topological polar surface area (TPSA) is 38.3 Å². The summed E-state index contributed by atoms with van der Waals surface area (Å²) in [6, 6.07) is 0. The maximum absolute atomic E-state index is 13.6. The molecule has 0 radical (unpaired) electrons. The molecule has 16 heavy (non-hydrogen) atoms. The number of hydrogen-bond acceptors (Lipinski definition) is 2. The lowest BCUT2D eigenvalue weighted by Gasteiger charge is -2.14. The van der Waals surface area contributed by atoms with Crippen molar-refractivity contribution in [3.05, 3.63) is 22.0 Å². The van der Waals surface area contributed by atoms with E-state index in [0.717, 1.165) is 0 Å². The highest BCUT2D eigenvalue weighted by molar-refractivity contribution is 6.32. The Bertz CT molecular complexity index is 449. The van der Waals surface area contributed by atoms with E-state index in [1.54, 1.807) is 0 Å². The minimum absolute atomic E-state index is 0.0703. The maximum Gasteiger partial charge on any atom is 0.231 e. The minimum atomic E-state index is -0.929. The van der Waals surface area contributed by atoms with E-state index in [1.807, 2.05) is 0 Å². The number of benzene rings is 1. The van der Waals surface area contributed by atoms with Crippen molar-refractivity contribution in [3.63, 3.8) is 0 Å². The van der Waals surface area contributed by atoms with Crippen molar-refractivity contribution in [3.8, 4) is 5.75 Å². The van der Waals surface area contributed by atoms with E-state index in [1.165, 1.54) is 20.8 Å². The second-order valence-corrected chi connectivity index (χ2v) is 3.72. The highest BCUT2D eigenvalue weighted by atomic mass is 35.5. The SMILES string of the molecule is CC(=O)Nc1c(C)c(Cl)c(C)c(F)c1OF. The molecule has 1 aromatic carbocycles. The van der Waals surface area contributed by atoms with Crippen molar-refractivity contribution in [1.29, 1.82) is 0 Å². The van der Waals surface area contributed by atoms with Crippen LogP contribution < -0.4 is 10.3 Å². The molecule has 0 saturated carbocycles. The number of rotatable bonds is 2. The number of amides is 1. The van der Waals surface area contributed by atoms with Crippen molar-refractivity contribution < 1.29 is 18.7 Å². The van der Waals surface area contributed by atoms with Crippen molar-refractivity contribution in [2.75, 3.05) is 5.32 Å². The molecule has 3 nitrogen and oxygen atoms in total. The molecule has 0 fully saturated rings. The predicted octanol–water partition coefficient (Wildman–Crippen LogP) is 3.32. The summed E-state index contributed by atoms with van der Waals surface area (Å²) in [5.41, 5.74) is 0.326. The van der Waals surface area contributed by atoms with Gasteiger partial charge in [0.15, 0.2) is 5.82 Å². The van der Waals surface area contributed by atoms with Crippen LogP contribution in [0.15, 0.2) is 0 Å². The van der Waals surface area contributed by atoms with Crippen LogP contribution in [-0.2, 0) is 4.79 Å². The van der Waals surface area contributed by atoms with Gasteiger partial charge in [-0.25, -0.2) is 4.39 Å². The molecule has 1 aromatic rings. The Labute approximate surface area is 96.3 Å². The van der Waals surface area contributed by atoms with E-state index in [-0.39, 0.29) is 16.3 Å². The summed E-state index contributed by atoms with van der Waals surface area (Å²) in [5.74, 6) is -2.06. The quantitative estimate of drug-likeness (QED) is 0.873. The highest BCUT2D eigenvalue weighted by Gasteiger charge is 2.21. The van der Waals surface area contributed by atoms with Gasteiger partial charge in [0, 0.05) is 17.0 Å². The fraction of sp³-hybridized carbons (Fsp3) is 0.300. The van der Waals surface area contributed by atoms with Gasteiger partial charge >= 0.3 is 0 Å². The first-order valence-corrected chi connectivity index (χ1v) is 4.82. The van der Waals surface area contributed by atoms with Gasteiger partial charge in [0.1, 0.15) is 0 Å². The average molecular weight is 250 g/mol. The largest absolute Gasteiger partial charge is 0.323 e. The molecular weight excluding hydrogens is 240 g/mol. The van der Waals surface area contributed by atoms with Crippen LogP contribution in [0.25, 0.3) is 0 Å². The summed E-state index contributed by atoms with van der Waals surface area (Å²) in [5, 5.41) is 2.40. The Kier molecular flexibility index (Phi) is 3.70. The monoisotopic (exact) mass is 249 g/mol. The van der Waals surface area contributed by atoms with E-state index in [4.69, 9.17) is 11.6 Å². The summed E-state index contributed by atoms with van der Waals surface area (Å²) < 4.78 is 25.8. The molecule has 1 rings (SSSR count). The molecule has 0 spiro atoms. The zero-order valence-corrected chi connectivity index (χ0v) is 9.71. The molecule has 0 bridgehead atoms. The summed E-state index contributed by atoms with van der Waals surface area (Å²) in [6.07, 6.45) is 0. The van der Waals surface area contributed by atoms with Gasteiger partial charge in [0.2, 0.25) is 11.7 Å². The molecule has 0 aliphatic heterocycles. The zero-order valence-electron chi connectivity index (χ0n) is 8.95. The Morgan fingerprint density at radius 2 is 1.94 bits per heavy atom. The third kappa shape index (κ3) is 2.09. The second-order valence-electron chi connectivity index (χ2n) is 3.34. The van der Waals surface area contributed by atoms with E-state index in [2.05, 4.69) is 10.3 Å². The fourth-order valence-corrected chi connectivity index (χ4v) is 1.51. The van der Waals surface area contributed by atoms with Gasteiger partial charge in [-0.2, -0.15) is 0 Å². The number of nitrogens with one attached hydrogen (secondary N) is 1. The van der Waals surface area contributed by atoms with Crippen LogP contribution >= 0.6 is 11.6 Å². The molecule has 6 heteroatoms. The first-order valence-electron chi connectivity index (χ1n) is 4.44. The van der Waals surface area contributed by atoms with Crippen LogP contribution in [0.2, 0.25) is 5.02 Å². The van der Waals surface area contributed by atoms with Crippen molar-refractivity contribution in [1.82, 2.24) is 0 Å². The predicted molar refractivity (Wildman–Crippen MR) is 56.9 cm³/mol. The second kappa shape index (κ2) is 4.65. The zero-order chi connectivity index (χ0) is 12.5. The number of anilines is 1. The van der Waals surface area contributed by atoms with E-state index >= 15 is 0 Å². The number of carbonyl (C=O) groups is 1. The summed E-state index contributed by atoms with van der Waals surface area (Å²) in [6.45, 7) is 4.14.